The van der Waals surface area contributed by atoms with Gasteiger partial charge in [0.1, 0.15) is 5.75 Å². The molecular weight excluding hydrogens is 652 g/mol. The molecular formula is C43H50N4O5. The minimum atomic E-state index is -0.252. The largest absolute Gasteiger partial charge is 0.495 e. The summed E-state index contributed by atoms with van der Waals surface area (Å²) in [4.78, 5) is 22.7. The average molecular weight is 703 g/mol. The van der Waals surface area contributed by atoms with E-state index in [-0.39, 0.29) is 45.2 Å². The second-order valence-electron chi connectivity index (χ2n) is 18.8. The van der Waals surface area contributed by atoms with E-state index in [1.165, 1.54) is 43.5 Å². The molecule has 1 N–H and O–H groups in total. The van der Waals surface area contributed by atoms with Crippen molar-refractivity contribution in [3.63, 3.8) is 0 Å². The third-order valence-electron chi connectivity index (χ3n) is 17.5. The van der Waals surface area contributed by atoms with Gasteiger partial charge in [0.2, 0.25) is 0 Å². The highest BCUT2D eigenvalue weighted by atomic mass is 16.5. The van der Waals surface area contributed by atoms with Gasteiger partial charge in [-0.15, -0.1) is 0 Å². The highest BCUT2D eigenvalue weighted by Gasteiger charge is 2.79. The van der Waals surface area contributed by atoms with Crippen molar-refractivity contribution in [2.75, 3.05) is 70.4 Å². The maximum absolute atomic E-state index is 14.0. The molecule has 8 fully saturated rings. The van der Waals surface area contributed by atoms with Crippen molar-refractivity contribution in [3.05, 3.63) is 64.9 Å². The molecule has 0 bridgehead atoms. The second-order valence-corrected chi connectivity index (χ2v) is 18.8. The van der Waals surface area contributed by atoms with Gasteiger partial charge in [-0.25, -0.2) is 4.79 Å². The number of carbonyl (C=O) groups is 1. The lowest BCUT2D eigenvalue weighted by molar-refractivity contribution is -0.174. The van der Waals surface area contributed by atoms with Crippen molar-refractivity contribution in [2.45, 2.75) is 92.5 Å². The fourth-order valence-corrected chi connectivity index (χ4v) is 16.8. The predicted molar refractivity (Wildman–Crippen MR) is 195 cm³/mol. The average Bonchev–Trinajstić information content (AvgIpc) is 4.02. The van der Waals surface area contributed by atoms with Gasteiger partial charge in [0.05, 0.1) is 43.1 Å². The van der Waals surface area contributed by atoms with Crippen LogP contribution in [0.1, 0.15) is 62.5 Å². The van der Waals surface area contributed by atoms with E-state index in [1.807, 2.05) is 7.11 Å². The minimum Gasteiger partial charge on any atom is -0.495 e. The van der Waals surface area contributed by atoms with Crippen LogP contribution < -0.4 is 15.0 Å². The quantitative estimate of drug-likeness (QED) is 0.443. The first-order valence-electron chi connectivity index (χ1n) is 20.3. The van der Waals surface area contributed by atoms with Gasteiger partial charge in [0.15, 0.2) is 0 Å². The molecule has 0 radical (unpaired) electrons. The predicted octanol–water partition coefficient (Wildman–Crippen LogP) is 4.84. The van der Waals surface area contributed by atoms with Crippen molar-refractivity contribution in [3.8, 4) is 5.75 Å². The molecule has 9 heteroatoms. The standard InChI is InChI=1S/C43H50N4O5/c1-49-30-9-5-7-28-32(30)47-24-39(20-25-21-40-13-18-51-31(40)10-15-45-16-12-43(28,34(25)47)36(40)45)23-46-17-11-42-27-6-3-4-8-29(27)44-33(42)26(35(48)50-2)22-41(37(42)46)14-19-52-38(39)41/h3-9,25,31,34,36-38,44H,10-24H2,1-2H3. The van der Waals surface area contributed by atoms with E-state index in [1.54, 1.807) is 12.7 Å². The number of carbonyl (C=O) groups excluding carboxylic acids is 1. The molecule has 2 aliphatic carbocycles. The first kappa shape index (κ1) is 30.2. The van der Waals surface area contributed by atoms with Gasteiger partial charge in [-0.05, 0) is 93.6 Å². The van der Waals surface area contributed by atoms with Gasteiger partial charge in [-0.2, -0.15) is 0 Å². The van der Waals surface area contributed by atoms with Gasteiger partial charge in [-0.3, -0.25) is 9.80 Å². The molecule has 9 nitrogen and oxygen atoms in total. The lowest BCUT2D eigenvalue weighted by atomic mass is 9.44. The van der Waals surface area contributed by atoms with Crippen LogP contribution in [0.25, 0.3) is 0 Å². The summed E-state index contributed by atoms with van der Waals surface area (Å²) in [6.45, 7) is 7.04. The van der Waals surface area contributed by atoms with E-state index < -0.39 is 0 Å². The number of hydrogen-bond donors (Lipinski definition) is 1. The number of nitrogens with one attached hydrogen (secondary N) is 1. The van der Waals surface area contributed by atoms with Crippen LogP contribution in [-0.4, -0.2) is 106 Å². The maximum atomic E-state index is 14.0. The van der Waals surface area contributed by atoms with E-state index in [4.69, 9.17) is 18.9 Å². The first-order valence-corrected chi connectivity index (χ1v) is 20.3. The Hall–Kier alpha value is -3.11. The SMILES string of the molecule is COC(=O)C1=C2Nc3ccccc3C23CCN2CC4(CC5CC67CCOC6CCN6CCC8(c9cccc(OC)c9N(C4)C58)C67)C4OCCC4(C1)C23. The van der Waals surface area contributed by atoms with Gasteiger partial charge in [0, 0.05) is 84.0 Å². The minimum absolute atomic E-state index is 0.0538. The van der Waals surface area contributed by atoms with E-state index in [0.29, 0.717) is 30.5 Å². The number of anilines is 2. The van der Waals surface area contributed by atoms with E-state index in [2.05, 4.69) is 62.5 Å². The van der Waals surface area contributed by atoms with Crippen LogP contribution in [0.5, 0.6) is 5.75 Å². The summed E-state index contributed by atoms with van der Waals surface area (Å²) in [6.07, 6.45) is 9.09. The summed E-state index contributed by atoms with van der Waals surface area (Å²) in [5.74, 6) is 1.38. The Bertz CT molecular complexity index is 2000. The zero-order valence-electron chi connectivity index (χ0n) is 30.5. The molecule has 5 spiro atoms. The first-order chi connectivity index (χ1) is 25.4. The third-order valence-corrected chi connectivity index (χ3v) is 17.5. The zero-order valence-corrected chi connectivity index (χ0v) is 30.5. The molecule has 0 amide bonds. The number of methoxy groups -OCH3 is 2. The molecule has 272 valence electrons. The molecule has 2 aromatic rings. The number of nitrogens with zero attached hydrogens (tertiary/aromatic N) is 3. The molecule has 7 saturated heterocycles. The lowest BCUT2D eigenvalue weighted by Gasteiger charge is -2.68. The number of rotatable bonds is 2. The van der Waals surface area contributed by atoms with E-state index in [9.17, 15) is 4.79 Å². The fourth-order valence-electron chi connectivity index (χ4n) is 16.8. The topological polar surface area (TPSA) is 75.7 Å². The molecule has 11 unspecified atom stereocenters. The van der Waals surface area contributed by atoms with Crippen LogP contribution in [0.2, 0.25) is 0 Å². The van der Waals surface area contributed by atoms with E-state index >= 15 is 0 Å². The Balaban J connectivity index is 1.01. The van der Waals surface area contributed by atoms with Crippen LogP contribution in [0, 0.1) is 22.2 Å². The van der Waals surface area contributed by atoms with Crippen molar-refractivity contribution < 1.29 is 23.7 Å². The number of piperidine rings is 3. The zero-order chi connectivity index (χ0) is 34.4. The molecule has 1 saturated carbocycles. The Morgan fingerprint density at radius 2 is 1.71 bits per heavy atom. The number of para-hydroxylation sites is 2. The maximum Gasteiger partial charge on any atom is 0.335 e. The Morgan fingerprint density at radius 3 is 2.62 bits per heavy atom. The highest BCUT2D eigenvalue weighted by Crippen LogP contribution is 2.75. The Labute approximate surface area is 305 Å². The van der Waals surface area contributed by atoms with Gasteiger partial charge in [0.25, 0.3) is 0 Å². The third kappa shape index (κ3) is 3.05. The van der Waals surface area contributed by atoms with Gasteiger partial charge < -0.3 is 29.2 Å². The van der Waals surface area contributed by atoms with Crippen molar-refractivity contribution in [1.82, 2.24) is 9.80 Å². The number of benzene rings is 2. The van der Waals surface area contributed by atoms with Crippen molar-refractivity contribution in [1.29, 1.82) is 0 Å². The Morgan fingerprint density at radius 1 is 0.865 bits per heavy atom. The smallest absolute Gasteiger partial charge is 0.335 e. The van der Waals surface area contributed by atoms with Gasteiger partial charge in [-0.1, -0.05) is 30.3 Å². The van der Waals surface area contributed by atoms with Crippen molar-refractivity contribution in [2.24, 2.45) is 22.2 Å². The monoisotopic (exact) mass is 702 g/mol. The fraction of sp³-hybridized carbons (Fsp3) is 0.651. The molecule has 9 heterocycles. The van der Waals surface area contributed by atoms with Crippen LogP contribution in [0.3, 0.4) is 0 Å². The number of fused-ring (bicyclic) bond motifs is 4. The summed E-state index contributed by atoms with van der Waals surface area (Å²) in [5, 5.41) is 3.82. The summed E-state index contributed by atoms with van der Waals surface area (Å²) in [7, 11) is 3.43. The lowest BCUT2D eigenvalue weighted by Crippen LogP contribution is -2.76. The van der Waals surface area contributed by atoms with Crippen LogP contribution >= 0.6 is 0 Å². The molecule has 2 aromatic carbocycles. The molecule has 0 aromatic heterocycles. The highest BCUT2D eigenvalue weighted by molar-refractivity contribution is 5.93. The molecule has 9 aliphatic heterocycles. The summed E-state index contributed by atoms with van der Waals surface area (Å²) in [5.41, 5.74) is 7.13. The summed E-state index contributed by atoms with van der Waals surface area (Å²) < 4.78 is 26.0. The number of esters is 1. The Kier molecular flexibility index (Phi) is 5.57. The van der Waals surface area contributed by atoms with Crippen LogP contribution in [0.15, 0.2) is 53.7 Å². The van der Waals surface area contributed by atoms with E-state index in [0.717, 1.165) is 81.4 Å². The van der Waals surface area contributed by atoms with Crippen LogP contribution in [0.4, 0.5) is 11.4 Å². The van der Waals surface area contributed by atoms with Gasteiger partial charge >= 0.3 is 5.97 Å². The second kappa shape index (κ2) is 9.57. The summed E-state index contributed by atoms with van der Waals surface area (Å²) >= 11 is 0. The normalized spacial score (nSPS) is 46.8. The van der Waals surface area contributed by atoms with Crippen molar-refractivity contribution >= 4 is 17.3 Å². The molecule has 13 rings (SSSR count). The molecule has 52 heavy (non-hydrogen) atoms. The molecule has 11 atom stereocenters. The number of hydrogen-bond acceptors (Lipinski definition) is 9. The van der Waals surface area contributed by atoms with Crippen LogP contribution in [-0.2, 0) is 29.8 Å². The molecule has 11 aliphatic rings. The number of ether oxygens (including phenoxy) is 4. The summed E-state index contributed by atoms with van der Waals surface area (Å²) in [6, 6.07) is 17.1.